The van der Waals surface area contributed by atoms with Crippen LogP contribution in [0.25, 0.3) is 0 Å². The normalized spacial score (nSPS) is 20.4. The second-order valence-electron chi connectivity index (χ2n) is 5.44. The monoisotopic (exact) mass is 277 g/mol. The summed E-state index contributed by atoms with van der Waals surface area (Å²) >= 11 is 0. The van der Waals surface area contributed by atoms with Crippen LogP contribution in [0.5, 0.6) is 0 Å². The standard InChI is InChI=1S/C15H23N3O2/c1-11(19)12-7-9-18(10-8-12)14(15(20)17-16)13-5-3-2-4-6-13/h2-6,11-12,14,19H,7-10,16H2,1H3,(H,17,20). The van der Waals surface area contributed by atoms with Crippen LogP contribution >= 0.6 is 0 Å². The third-order valence-electron chi connectivity index (χ3n) is 4.13. The van der Waals surface area contributed by atoms with E-state index in [0.717, 1.165) is 31.5 Å². The van der Waals surface area contributed by atoms with E-state index in [9.17, 15) is 9.90 Å². The van der Waals surface area contributed by atoms with Crippen molar-refractivity contribution in [2.45, 2.75) is 31.9 Å². The van der Waals surface area contributed by atoms with Gasteiger partial charge in [0, 0.05) is 0 Å². The molecule has 2 rings (SSSR count). The Bertz CT molecular complexity index is 428. The number of hydrogen-bond donors (Lipinski definition) is 3. The largest absolute Gasteiger partial charge is 0.393 e. The Hall–Kier alpha value is -1.43. The van der Waals surface area contributed by atoms with Crippen LogP contribution in [0.15, 0.2) is 30.3 Å². The number of aliphatic hydroxyl groups excluding tert-OH is 1. The second kappa shape index (κ2) is 6.83. The second-order valence-corrected chi connectivity index (χ2v) is 5.44. The number of nitrogens with two attached hydrogens (primary N) is 1. The van der Waals surface area contributed by atoms with Gasteiger partial charge in [0.05, 0.1) is 6.10 Å². The van der Waals surface area contributed by atoms with Crippen LogP contribution in [-0.2, 0) is 4.79 Å². The van der Waals surface area contributed by atoms with Gasteiger partial charge in [-0.15, -0.1) is 0 Å². The van der Waals surface area contributed by atoms with Gasteiger partial charge < -0.3 is 5.11 Å². The molecule has 20 heavy (non-hydrogen) atoms. The smallest absolute Gasteiger partial charge is 0.255 e. The van der Waals surface area contributed by atoms with E-state index in [0.29, 0.717) is 5.92 Å². The Morgan fingerprint density at radius 2 is 1.95 bits per heavy atom. The molecule has 0 radical (unpaired) electrons. The van der Waals surface area contributed by atoms with Crippen molar-refractivity contribution >= 4 is 5.91 Å². The minimum absolute atomic E-state index is 0.188. The zero-order valence-electron chi connectivity index (χ0n) is 11.8. The molecule has 1 fully saturated rings. The van der Waals surface area contributed by atoms with Gasteiger partial charge >= 0.3 is 0 Å². The number of carbonyl (C=O) groups excluding carboxylic acids is 1. The van der Waals surface area contributed by atoms with Gasteiger partial charge in [0.15, 0.2) is 0 Å². The Morgan fingerprint density at radius 1 is 1.35 bits per heavy atom. The summed E-state index contributed by atoms with van der Waals surface area (Å²) in [5, 5.41) is 9.66. The fourth-order valence-electron chi connectivity index (χ4n) is 2.90. The highest BCUT2D eigenvalue weighted by Gasteiger charge is 2.31. The van der Waals surface area contributed by atoms with E-state index in [1.54, 1.807) is 0 Å². The van der Waals surface area contributed by atoms with Crippen molar-refractivity contribution in [3.8, 4) is 0 Å². The topological polar surface area (TPSA) is 78.6 Å². The van der Waals surface area contributed by atoms with Gasteiger partial charge in [0.2, 0.25) is 0 Å². The van der Waals surface area contributed by atoms with E-state index in [-0.39, 0.29) is 18.1 Å². The van der Waals surface area contributed by atoms with Crippen LogP contribution in [0, 0.1) is 5.92 Å². The first-order chi connectivity index (χ1) is 9.63. The fraction of sp³-hybridized carbons (Fsp3) is 0.533. The van der Waals surface area contributed by atoms with E-state index in [1.807, 2.05) is 37.3 Å². The lowest BCUT2D eigenvalue weighted by atomic mass is 9.90. The van der Waals surface area contributed by atoms with Crippen molar-refractivity contribution < 1.29 is 9.90 Å². The predicted octanol–water partition coefficient (Wildman–Crippen LogP) is 0.810. The Kier molecular flexibility index (Phi) is 5.11. The molecule has 2 atom stereocenters. The molecule has 5 nitrogen and oxygen atoms in total. The highest BCUT2D eigenvalue weighted by Crippen LogP contribution is 2.28. The zero-order valence-corrected chi connectivity index (χ0v) is 11.8. The third-order valence-corrected chi connectivity index (χ3v) is 4.13. The molecule has 1 aliphatic rings. The molecule has 5 heteroatoms. The summed E-state index contributed by atoms with van der Waals surface area (Å²) in [5.74, 6) is 5.46. The lowest BCUT2D eigenvalue weighted by Crippen LogP contribution is -2.47. The lowest BCUT2D eigenvalue weighted by molar-refractivity contribution is -0.127. The first-order valence-electron chi connectivity index (χ1n) is 7.11. The third kappa shape index (κ3) is 3.36. The number of hydrogen-bond acceptors (Lipinski definition) is 4. The lowest BCUT2D eigenvalue weighted by Gasteiger charge is -2.37. The number of nitrogens with one attached hydrogen (secondary N) is 1. The Morgan fingerprint density at radius 3 is 2.45 bits per heavy atom. The number of carbonyl (C=O) groups is 1. The molecule has 1 aliphatic heterocycles. The Labute approximate surface area is 119 Å². The SMILES string of the molecule is CC(O)C1CCN(C(C(=O)NN)c2ccccc2)CC1. The van der Waals surface area contributed by atoms with Crippen LogP contribution in [0.1, 0.15) is 31.4 Å². The predicted molar refractivity (Wildman–Crippen MR) is 77.5 cm³/mol. The van der Waals surface area contributed by atoms with Gasteiger partial charge in [-0.2, -0.15) is 0 Å². The van der Waals surface area contributed by atoms with Crippen molar-refractivity contribution in [2.75, 3.05) is 13.1 Å². The summed E-state index contributed by atoms with van der Waals surface area (Å²) in [7, 11) is 0. The van der Waals surface area contributed by atoms with Crippen molar-refractivity contribution in [1.29, 1.82) is 0 Å². The van der Waals surface area contributed by atoms with Crippen LogP contribution in [0.2, 0.25) is 0 Å². The molecule has 0 spiro atoms. The van der Waals surface area contributed by atoms with E-state index >= 15 is 0 Å². The number of aliphatic hydroxyl groups is 1. The summed E-state index contributed by atoms with van der Waals surface area (Å²) in [4.78, 5) is 14.2. The van der Waals surface area contributed by atoms with Crippen molar-refractivity contribution in [3.63, 3.8) is 0 Å². The maximum absolute atomic E-state index is 12.1. The van der Waals surface area contributed by atoms with Crippen LogP contribution in [0.4, 0.5) is 0 Å². The summed E-state index contributed by atoms with van der Waals surface area (Å²) in [6.45, 7) is 3.42. The highest BCUT2D eigenvalue weighted by molar-refractivity contribution is 5.82. The molecular formula is C15H23N3O2. The molecule has 2 unspecified atom stereocenters. The maximum atomic E-state index is 12.1. The van der Waals surface area contributed by atoms with Gasteiger partial charge in [0.1, 0.15) is 6.04 Å². The number of likely N-dealkylation sites (tertiary alicyclic amines) is 1. The number of benzene rings is 1. The molecule has 1 amide bonds. The van der Waals surface area contributed by atoms with Crippen LogP contribution in [0.3, 0.4) is 0 Å². The number of piperidine rings is 1. The molecule has 1 saturated heterocycles. The average molecular weight is 277 g/mol. The van der Waals surface area contributed by atoms with Gasteiger partial charge in [-0.25, -0.2) is 5.84 Å². The van der Waals surface area contributed by atoms with E-state index < -0.39 is 0 Å². The van der Waals surface area contributed by atoms with Gasteiger partial charge in [-0.3, -0.25) is 15.1 Å². The summed E-state index contributed by atoms with van der Waals surface area (Å²) in [5.41, 5.74) is 3.21. The molecule has 0 bridgehead atoms. The molecule has 4 N–H and O–H groups in total. The fourth-order valence-corrected chi connectivity index (χ4v) is 2.90. The molecule has 0 aliphatic carbocycles. The summed E-state index contributed by atoms with van der Waals surface area (Å²) in [6.07, 6.45) is 1.52. The Balaban J connectivity index is 2.11. The number of nitrogens with zero attached hydrogens (tertiary/aromatic N) is 1. The summed E-state index contributed by atoms with van der Waals surface area (Å²) < 4.78 is 0. The van der Waals surface area contributed by atoms with Crippen LogP contribution in [-0.4, -0.2) is 35.1 Å². The van der Waals surface area contributed by atoms with Crippen molar-refractivity contribution in [2.24, 2.45) is 11.8 Å². The molecule has 110 valence electrons. The molecule has 1 heterocycles. The molecule has 0 aromatic heterocycles. The van der Waals surface area contributed by atoms with Gasteiger partial charge in [-0.05, 0) is 44.3 Å². The average Bonchev–Trinajstić information content (AvgIpc) is 2.49. The summed E-state index contributed by atoms with van der Waals surface area (Å²) in [6, 6.07) is 9.32. The first-order valence-corrected chi connectivity index (χ1v) is 7.11. The molecule has 0 saturated carbocycles. The zero-order chi connectivity index (χ0) is 14.5. The van der Waals surface area contributed by atoms with Crippen molar-refractivity contribution in [3.05, 3.63) is 35.9 Å². The molecule has 1 aromatic rings. The highest BCUT2D eigenvalue weighted by atomic mass is 16.3. The van der Waals surface area contributed by atoms with E-state index in [1.165, 1.54) is 0 Å². The maximum Gasteiger partial charge on any atom is 0.255 e. The molecular weight excluding hydrogens is 254 g/mol. The number of amides is 1. The number of hydrazine groups is 1. The van der Waals surface area contributed by atoms with Crippen molar-refractivity contribution in [1.82, 2.24) is 10.3 Å². The minimum Gasteiger partial charge on any atom is -0.393 e. The molecule has 1 aromatic carbocycles. The van der Waals surface area contributed by atoms with Gasteiger partial charge in [0.25, 0.3) is 5.91 Å². The quantitative estimate of drug-likeness (QED) is 0.432. The van der Waals surface area contributed by atoms with E-state index in [4.69, 9.17) is 5.84 Å². The van der Waals surface area contributed by atoms with Gasteiger partial charge in [-0.1, -0.05) is 30.3 Å². The van der Waals surface area contributed by atoms with Crippen LogP contribution < -0.4 is 11.3 Å². The van der Waals surface area contributed by atoms with E-state index in [2.05, 4.69) is 10.3 Å². The minimum atomic E-state index is -0.351. The first kappa shape index (κ1) is 15.0. The number of rotatable bonds is 4.